The molecular formula is C12H25NO4. The molecule has 0 atom stereocenters. The summed E-state index contributed by atoms with van der Waals surface area (Å²) in [5, 5.41) is 3.18. The van der Waals surface area contributed by atoms with Crippen LogP contribution in [0.5, 0.6) is 0 Å². The highest BCUT2D eigenvalue weighted by Gasteiger charge is 2.01. The molecule has 5 nitrogen and oxygen atoms in total. The van der Waals surface area contributed by atoms with Crippen LogP contribution in [0, 0.1) is 0 Å². The van der Waals surface area contributed by atoms with E-state index in [2.05, 4.69) is 12.2 Å². The van der Waals surface area contributed by atoms with E-state index < -0.39 is 0 Å². The lowest BCUT2D eigenvalue weighted by atomic mass is 10.3. The molecule has 0 bridgehead atoms. The fraction of sp³-hybridized carbons (Fsp3) is 0.917. The zero-order chi connectivity index (χ0) is 12.8. The Bertz CT molecular complexity index is 176. The Kier molecular flexibility index (Phi) is 12.9. The highest BCUT2D eigenvalue weighted by molar-refractivity contribution is 5.69. The number of rotatable bonds is 12. The molecule has 0 aliphatic rings. The van der Waals surface area contributed by atoms with Crippen molar-refractivity contribution in [2.24, 2.45) is 0 Å². The number of carbonyl (C=O) groups excluding carboxylic acids is 1. The van der Waals surface area contributed by atoms with Gasteiger partial charge in [-0.2, -0.15) is 0 Å². The van der Waals surface area contributed by atoms with Crippen molar-refractivity contribution in [3.8, 4) is 0 Å². The summed E-state index contributed by atoms with van der Waals surface area (Å²) in [7, 11) is 0. The van der Waals surface area contributed by atoms with Gasteiger partial charge in [0.25, 0.3) is 0 Å². The number of hydrogen-bond donors (Lipinski definition) is 1. The smallest absolute Gasteiger partial charge is 0.307 e. The molecule has 0 aromatic carbocycles. The first kappa shape index (κ1) is 16.4. The number of unbranched alkanes of at least 4 members (excludes halogenated alkanes) is 1. The van der Waals surface area contributed by atoms with Gasteiger partial charge in [0.1, 0.15) is 13.4 Å². The summed E-state index contributed by atoms with van der Waals surface area (Å²) in [4.78, 5) is 11.2. The first-order valence-electron chi connectivity index (χ1n) is 6.33. The van der Waals surface area contributed by atoms with E-state index >= 15 is 0 Å². The molecule has 0 unspecified atom stereocenters. The van der Waals surface area contributed by atoms with Gasteiger partial charge < -0.3 is 19.5 Å². The Hall–Kier alpha value is -0.650. The van der Waals surface area contributed by atoms with Crippen molar-refractivity contribution >= 4 is 5.97 Å². The molecule has 0 saturated heterocycles. The Morgan fingerprint density at radius 3 is 2.65 bits per heavy atom. The average molecular weight is 247 g/mol. The summed E-state index contributed by atoms with van der Waals surface area (Å²) in [5.41, 5.74) is 0. The van der Waals surface area contributed by atoms with Crippen molar-refractivity contribution in [1.29, 1.82) is 0 Å². The van der Waals surface area contributed by atoms with E-state index in [-0.39, 0.29) is 12.8 Å². The van der Waals surface area contributed by atoms with E-state index in [9.17, 15) is 4.79 Å². The van der Waals surface area contributed by atoms with Crippen LogP contribution in [0.2, 0.25) is 0 Å². The van der Waals surface area contributed by atoms with Crippen LogP contribution in [-0.2, 0) is 19.0 Å². The molecule has 0 fully saturated rings. The summed E-state index contributed by atoms with van der Waals surface area (Å²) in [6.07, 6.45) is 2.71. The maximum Gasteiger partial charge on any atom is 0.307 e. The van der Waals surface area contributed by atoms with Crippen LogP contribution >= 0.6 is 0 Å². The van der Waals surface area contributed by atoms with Gasteiger partial charge in [-0.15, -0.1) is 0 Å². The second-order valence-corrected chi connectivity index (χ2v) is 3.59. The summed E-state index contributed by atoms with van der Waals surface area (Å²) in [6.45, 7) is 7.23. The molecule has 102 valence electrons. The first-order chi connectivity index (χ1) is 8.31. The van der Waals surface area contributed by atoms with Gasteiger partial charge >= 0.3 is 5.97 Å². The topological polar surface area (TPSA) is 56.8 Å². The standard InChI is InChI=1S/C12H25NO4/c1-3-5-7-13-8-6-12(14)17-10-9-16-11-15-4-2/h13H,3-11H2,1-2H3. The van der Waals surface area contributed by atoms with E-state index in [1.807, 2.05) is 6.92 Å². The second kappa shape index (κ2) is 13.4. The number of carbonyl (C=O) groups is 1. The zero-order valence-corrected chi connectivity index (χ0v) is 11.0. The van der Waals surface area contributed by atoms with E-state index in [0.717, 1.165) is 19.4 Å². The minimum Gasteiger partial charge on any atom is -0.463 e. The van der Waals surface area contributed by atoms with Crippen LogP contribution in [0.3, 0.4) is 0 Å². The van der Waals surface area contributed by atoms with Crippen molar-refractivity contribution in [2.45, 2.75) is 33.1 Å². The number of hydrogen-bond acceptors (Lipinski definition) is 5. The van der Waals surface area contributed by atoms with Crippen molar-refractivity contribution < 1.29 is 19.0 Å². The van der Waals surface area contributed by atoms with Crippen molar-refractivity contribution in [3.63, 3.8) is 0 Å². The minimum atomic E-state index is -0.186. The maximum absolute atomic E-state index is 11.2. The van der Waals surface area contributed by atoms with E-state index in [1.54, 1.807) is 0 Å². The predicted octanol–water partition coefficient (Wildman–Crippen LogP) is 1.32. The minimum absolute atomic E-state index is 0.186. The molecule has 0 spiro atoms. The van der Waals surface area contributed by atoms with Crippen molar-refractivity contribution in [2.75, 3.05) is 39.7 Å². The molecule has 0 aromatic rings. The fourth-order valence-electron chi connectivity index (χ4n) is 1.11. The molecule has 0 aliphatic heterocycles. The van der Waals surface area contributed by atoms with E-state index in [1.165, 1.54) is 0 Å². The summed E-state index contributed by atoms with van der Waals surface area (Å²) < 4.78 is 15.0. The van der Waals surface area contributed by atoms with E-state index in [0.29, 0.717) is 32.8 Å². The van der Waals surface area contributed by atoms with Crippen LogP contribution in [0.4, 0.5) is 0 Å². The monoisotopic (exact) mass is 247 g/mol. The molecule has 17 heavy (non-hydrogen) atoms. The van der Waals surface area contributed by atoms with Gasteiger partial charge in [0.2, 0.25) is 0 Å². The van der Waals surface area contributed by atoms with E-state index in [4.69, 9.17) is 14.2 Å². The number of ether oxygens (including phenoxy) is 3. The Labute approximate surface area is 104 Å². The van der Waals surface area contributed by atoms with Crippen molar-refractivity contribution in [1.82, 2.24) is 5.32 Å². The Morgan fingerprint density at radius 1 is 1.12 bits per heavy atom. The summed E-state index contributed by atoms with van der Waals surface area (Å²) >= 11 is 0. The van der Waals surface area contributed by atoms with Crippen LogP contribution in [0.1, 0.15) is 33.1 Å². The molecule has 0 radical (unpaired) electrons. The van der Waals surface area contributed by atoms with Gasteiger partial charge in [-0.3, -0.25) is 4.79 Å². The van der Waals surface area contributed by atoms with Gasteiger partial charge in [0, 0.05) is 13.2 Å². The molecule has 0 amide bonds. The number of nitrogens with one attached hydrogen (secondary N) is 1. The quantitative estimate of drug-likeness (QED) is 0.320. The highest BCUT2D eigenvalue weighted by Crippen LogP contribution is 1.88. The summed E-state index contributed by atoms with van der Waals surface area (Å²) in [5.74, 6) is -0.186. The third-order valence-corrected chi connectivity index (χ3v) is 2.07. The predicted molar refractivity (Wildman–Crippen MR) is 65.8 cm³/mol. The van der Waals surface area contributed by atoms with Gasteiger partial charge in [0.05, 0.1) is 13.0 Å². The van der Waals surface area contributed by atoms with Crippen LogP contribution < -0.4 is 5.32 Å². The van der Waals surface area contributed by atoms with Gasteiger partial charge in [-0.25, -0.2) is 0 Å². The van der Waals surface area contributed by atoms with Gasteiger partial charge in [0.15, 0.2) is 0 Å². The largest absolute Gasteiger partial charge is 0.463 e. The average Bonchev–Trinajstić information content (AvgIpc) is 2.33. The lowest BCUT2D eigenvalue weighted by Crippen LogP contribution is -2.21. The molecule has 0 rings (SSSR count). The second-order valence-electron chi connectivity index (χ2n) is 3.59. The molecule has 1 N–H and O–H groups in total. The zero-order valence-electron chi connectivity index (χ0n) is 11.0. The SMILES string of the molecule is CCCCNCCC(=O)OCCOCOCC. The molecule has 0 aromatic heterocycles. The van der Waals surface area contributed by atoms with Crippen LogP contribution in [0.15, 0.2) is 0 Å². The van der Waals surface area contributed by atoms with Gasteiger partial charge in [-0.05, 0) is 19.9 Å². The normalized spacial score (nSPS) is 10.5. The lowest BCUT2D eigenvalue weighted by molar-refractivity contribution is -0.146. The third-order valence-electron chi connectivity index (χ3n) is 2.07. The number of esters is 1. The molecule has 5 heteroatoms. The maximum atomic E-state index is 11.2. The van der Waals surface area contributed by atoms with Crippen molar-refractivity contribution in [3.05, 3.63) is 0 Å². The Balaban J connectivity index is 3.12. The molecular weight excluding hydrogens is 222 g/mol. The molecule has 0 saturated carbocycles. The van der Waals surface area contributed by atoms with Crippen LogP contribution in [0.25, 0.3) is 0 Å². The first-order valence-corrected chi connectivity index (χ1v) is 6.33. The Morgan fingerprint density at radius 2 is 1.94 bits per heavy atom. The van der Waals surface area contributed by atoms with Crippen LogP contribution in [-0.4, -0.2) is 45.7 Å². The molecule has 0 aliphatic carbocycles. The molecule has 0 heterocycles. The fourth-order valence-corrected chi connectivity index (χ4v) is 1.11. The third kappa shape index (κ3) is 13.3. The van der Waals surface area contributed by atoms with Gasteiger partial charge in [-0.1, -0.05) is 13.3 Å². The lowest BCUT2D eigenvalue weighted by Gasteiger charge is -2.06. The highest BCUT2D eigenvalue weighted by atomic mass is 16.7. The summed E-state index contributed by atoms with van der Waals surface area (Å²) in [6, 6.07) is 0.